The number of nitrogens with zero attached hydrogens (tertiary/aromatic N) is 2. The van der Waals surface area contributed by atoms with E-state index in [2.05, 4.69) is 36.1 Å². The maximum Gasteiger partial charge on any atom is 0.227 e. The Morgan fingerprint density at radius 1 is 1.56 bits per heavy atom. The van der Waals surface area contributed by atoms with Gasteiger partial charge in [-0.25, -0.2) is 9.97 Å². The lowest BCUT2D eigenvalue weighted by molar-refractivity contribution is -0.116. The lowest BCUT2D eigenvalue weighted by atomic mass is 9.87. The lowest BCUT2D eigenvalue weighted by Gasteiger charge is -2.22. The predicted molar refractivity (Wildman–Crippen MR) is 72.3 cm³/mol. The van der Waals surface area contributed by atoms with E-state index >= 15 is 0 Å². The van der Waals surface area contributed by atoms with Gasteiger partial charge in [-0.1, -0.05) is 20.8 Å². The summed E-state index contributed by atoms with van der Waals surface area (Å²) in [6.45, 7) is 6.28. The fourth-order valence-electron chi connectivity index (χ4n) is 1.70. The molecule has 0 aromatic carbocycles. The third-order valence-electron chi connectivity index (χ3n) is 2.22. The fraction of sp³-hybridized carbons (Fsp3) is 0.583. The highest BCUT2D eigenvalue weighted by molar-refractivity contribution is 6.28. The van der Waals surface area contributed by atoms with Crippen molar-refractivity contribution in [1.82, 2.24) is 9.97 Å². The van der Waals surface area contributed by atoms with Crippen molar-refractivity contribution >= 4 is 23.3 Å². The van der Waals surface area contributed by atoms with Crippen molar-refractivity contribution in [2.24, 2.45) is 11.1 Å². The zero-order valence-electron chi connectivity index (χ0n) is 10.9. The Labute approximate surface area is 112 Å². The summed E-state index contributed by atoms with van der Waals surface area (Å²) in [5, 5.41) is 2.75. The smallest absolute Gasteiger partial charge is 0.227 e. The van der Waals surface area contributed by atoms with Gasteiger partial charge in [0.25, 0.3) is 0 Å². The van der Waals surface area contributed by atoms with Gasteiger partial charge >= 0.3 is 0 Å². The number of amides is 1. The molecule has 1 aromatic rings. The van der Waals surface area contributed by atoms with Crippen LogP contribution in [0.1, 0.15) is 33.6 Å². The summed E-state index contributed by atoms with van der Waals surface area (Å²) in [4.78, 5) is 19.3. The Kier molecular flexibility index (Phi) is 5.04. The molecule has 1 unspecified atom stereocenters. The van der Waals surface area contributed by atoms with E-state index in [0.29, 0.717) is 5.82 Å². The molecule has 1 rings (SSSR count). The number of halogens is 1. The van der Waals surface area contributed by atoms with Gasteiger partial charge in [0.1, 0.15) is 5.82 Å². The molecule has 1 aromatic heterocycles. The van der Waals surface area contributed by atoms with E-state index in [0.717, 1.165) is 6.42 Å². The lowest BCUT2D eigenvalue weighted by Crippen LogP contribution is -2.31. The van der Waals surface area contributed by atoms with E-state index in [-0.39, 0.29) is 29.1 Å². The maximum atomic E-state index is 11.7. The Bertz CT molecular complexity index is 417. The Balaban J connectivity index is 2.47. The van der Waals surface area contributed by atoms with Crippen molar-refractivity contribution in [1.29, 1.82) is 0 Å². The highest BCUT2D eigenvalue weighted by atomic mass is 35.5. The average molecular weight is 271 g/mol. The van der Waals surface area contributed by atoms with Crippen molar-refractivity contribution in [3.8, 4) is 0 Å². The van der Waals surface area contributed by atoms with Crippen LogP contribution in [0.3, 0.4) is 0 Å². The van der Waals surface area contributed by atoms with Gasteiger partial charge in [-0.05, 0) is 29.5 Å². The molecule has 18 heavy (non-hydrogen) atoms. The number of hydrogen-bond acceptors (Lipinski definition) is 4. The van der Waals surface area contributed by atoms with Gasteiger partial charge in [0.05, 0.1) is 0 Å². The first-order valence-corrected chi connectivity index (χ1v) is 6.18. The van der Waals surface area contributed by atoms with Gasteiger partial charge in [-0.3, -0.25) is 4.79 Å². The van der Waals surface area contributed by atoms with Gasteiger partial charge in [0.15, 0.2) is 0 Å². The summed E-state index contributed by atoms with van der Waals surface area (Å²) in [5.41, 5.74) is 6.03. The van der Waals surface area contributed by atoms with Crippen LogP contribution >= 0.6 is 11.6 Å². The molecule has 100 valence electrons. The Hall–Kier alpha value is -1.20. The number of anilines is 1. The van der Waals surface area contributed by atoms with Crippen LogP contribution in [0.5, 0.6) is 0 Å². The summed E-state index contributed by atoms with van der Waals surface area (Å²) in [7, 11) is 0. The Morgan fingerprint density at radius 3 is 2.78 bits per heavy atom. The monoisotopic (exact) mass is 270 g/mol. The van der Waals surface area contributed by atoms with Crippen molar-refractivity contribution in [2.45, 2.75) is 39.7 Å². The molecule has 0 aliphatic carbocycles. The van der Waals surface area contributed by atoms with Crippen LogP contribution in [0, 0.1) is 5.41 Å². The van der Waals surface area contributed by atoms with Crippen LogP contribution < -0.4 is 11.1 Å². The van der Waals surface area contributed by atoms with Gasteiger partial charge < -0.3 is 11.1 Å². The third-order valence-corrected chi connectivity index (χ3v) is 2.40. The van der Waals surface area contributed by atoms with Gasteiger partial charge in [-0.15, -0.1) is 0 Å². The number of nitrogens with one attached hydrogen (secondary N) is 1. The molecule has 1 amide bonds. The van der Waals surface area contributed by atoms with Crippen LogP contribution in [0.15, 0.2) is 12.3 Å². The van der Waals surface area contributed by atoms with Crippen molar-refractivity contribution in [3.63, 3.8) is 0 Å². The molecular weight excluding hydrogens is 252 g/mol. The molecule has 0 saturated heterocycles. The molecule has 5 nitrogen and oxygen atoms in total. The second kappa shape index (κ2) is 6.11. The van der Waals surface area contributed by atoms with Gasteiger partial charge in [-0.2, -0.15) is 0 Å². The first-order valence-electron chi connectivity index (χ1n) is 5.80. The highest BCUT2D eigenvalue weighted by Crippen LogP contribution is 2.21. The minimum absolute atomic E-state index is 0.104. The third kappa shape index (κ3) is 5.93. The van der Waals surface area contributed by atoms with Crippen molar-refractivity contribution in [3.05, 3.63) is 17.5 Å². The molecule has 0 saturated carbocycles. The van der Waals surface area contributed by atoms with Crippen LogP contribution in [-0.2, 0) is 4.79 Å². The number of rotatable bonds is 4. The molecule has 1 atom stereocenters. The SMILES string of the molecule is CC(C)(C)CC(N)CC(=O)Nc1ccnc(Cl)n1. The van der Waals surface area contributed by atoms with Gasteiger partial charge in [0.2, 0.25) is 11.2 Å². The van der Waals surface area contributed by atoms with E-state index in [1.54, 1.807) is 6.07 Å². The standard InChI is InChI=1S/C12H19ClN4O/c1-12(2,3)7-8(14)6-10(18)16-9-4-5-15-11(13)17-9/h4-5,8H,6-7,14H2,1-3H3,(H,15,16,17,18). The van der Waals surface area contributed by atoms with Crippen LogP contribution in [0.4, 0.5) is 5.82 Å². The molecule has 1 heterocycles. The van der Waals surface area contributed by atoms with E-state index in [4.69, 9.17) is 17.3 Å². The molecule has 0 radical (unpaired) electrons. The minimum Gasteiger partial charge on any atom is -0.327 e. The molecule has 0 spiro atoms. The summed E-state index contributed by atoms with van der Waals surface area (Å²) in [6.07, 6.45) is 2.53. The van der Waals surface area contributed by atoms with Crippen molar-refractivity contribution in [2.75, 3.05) is 5.32 Å². The number of aromatic nitrogens is 2. The van der Waals surface area contributed by atoms with Crippen LogP contribution in [0.2, 0.25) is 5.28 Å². The Morgan fingerprint density at radius 2 is 2.22 bits per heavy atom. The topological polar surface area (TPSA) is 80.9 Å². The highest BCUT2D eigenvalue weighted by Gasteiger charge is 2.18. The molecule has 0 aliphatic heterocycles. The summed E-state index contributed by atoms with van der Waals surface area (Å²) >= 11 is 5.62. The second-order valence-corrected chi connectivity index (χ2v) is 5.83. The van der Waals surface area contributed by atoms with Crippen LogP contribution in [0.25, 0.3) is 0 Å². The summed E-state index contributed by atoms with van der Waals surface area (Å²) in [6, 6.07) is 1.42. The first kappa shape index (κ1) is 14.9. The van der Waals surface area contributed by atoms with E-state index in [1.807, 2.05) is 0 Å². The van der Waals surface area contributed by atoms with Crippen LogP contribution in [-0.4, -0.2) is 21.9 Å². The number of carbonyl (C=O) groups excluding carboxylic acids is 1. The second-order valence-electron chi connectivity index (χ2n) is 5.49. The predicted octanol–water partition coefficient (Wildman–Crippen LogP) is 2.22. The maximum absolute atomic E-state index is 11.7. The first-order chi connectivity index (χ1) is 8.26. The summed E-state index contributed by atoms with van der Waals surface area (Å²) < 4.78 is 0. The largest absolute Gasteiger partial charge is 0.327 e. The summed E-state index contributed by atoms with van der Waals surface area (Å²) in [5.74, 6) is 0.226. The fourth-order valence-corrected chi connectivity index (χ4v) is 1.84. The normalized spacial score (nSPS) is 13.2. The van der Waals surface area contributed by atoms with Crippen molar-refractivity contribution < 1.29 is 4.79 Å². The zero-order chi connectivity index (χ0) is 13.8. The number of hydrogen-bond donors (Lipinski definition) is 2. The molecule has 0 bridgehead atoms. The zero-order valence-corrected chi connectivity index (χ0v) is 11.7. The molecule has 0 aliphatic rings. The quantitative estimate of drug-likeness (QED) is 0.822. The van der Waals surface area contributed by atoms with E-state index in [9.17, 15) is 4.79 Å². The van der Waals surface area contributed by atoms with E-state index < -0.39 is 0 Å². The number of nitrogens with two attached hydrogens (primary N) is 1. The molecule has 0 fully saturated rings. The van der Waals surface area contributed by atoms with Gasteiger partial charge in [0, 0.05) is 18.7 Å². The molecule has 6 heteroatoms. The minimum atomic E-state index is -0.165. The molecule has 3 N–H and O–H groups in total. The average Bonchev–Trinajstić information content (AvgIpc) is 2.13. The molecular formula is C12H19ClN4O. The van der Waals surface area contributed by atoms with E-state index in [1.165, 1.54) is 6.20 Å². The number of carbonyl (C=O) groups is 1.